The summed E-state index contributed by atoms with van der Waals surface area (Å²) in [5, 5.41) is 19.7. The van der Waals surface area contributed by atoms with Crippen LogP contribution in [0.1, 0.15) is 32.9 Å². The van der Waals surface area contributed by atoms with Crippen LogP contribution in [0, 0.1) is 0 Å². The van der Waals surface area contributed by atoms with Gasteiger partial charge in [0.25, 0.3) is 5.91 Å². The Labute approximate surface area is 211 Å². The summed E-state index contributed by atoms with van der Waals surface area (Å²) in [6.45, 7) is 1.88. The summed E-state index contributed by atoms with van der Waals surface area (Å²) in [7, 11) is 3.10. The van der Waals surface area contributed by atoms with Crippen LogP contribution in [-0.4, -0.2) is 63.1 Å². The fraction of sp³-hybridized carbons (Fsp3) is 0.250. The lowest BCUT2D eigenvalue weighted by Gasteiger charge is -2.28. The number of nitrogens with zero attached hydrogens (tertiary/aromatic N) is 7. The zero-order chi connectivity index (χ0) is 25.8. The normalized spacial score (nSPS) is 13.5. The molecular weight excluding hydrogens is 478 g/mol. The molecule has 0 saturated carbocycles. The molecule has 0 fully saturated rings. The summed E-state index contributed by atoms with van der Waals surface area (Å²) in [6, 6.07) is 13.6. The van der Waals surface area contributed by atoms with E-state index in [1.54, 1.807) is 32.4 Å². The summed E-state index contributed by atoms with van der Waals surface area (Å²) in [6.07, 6.45) is 2.38. The molecule has 2 aromatic carbocycles. The molecule has 0 unspecified atom stereocenters. The Morgan fingerprint density at radius 3 is 2.73 bits per heavy atom. The third kappa shape index (κ3) is 4.97. The van der Waals surface area contributed by atoms with Gasteiger partial charge in [0.05, 0.1) is 26.1 Å². The van der Waals surface area contributed by atoms with Gasteiger partial charge in [0.1, 0.15) is 0 Å². The van der Waals surface area contributed by atoms with Crippen LogP contribution >= 0.6 is 0 Å². The fourth-order valence-corrected chi connectivity index (χ4v) is 4.18. The maximum absolute atomic E-state index is 13.1. The minimum absolute atomic E-state index is 0.0357. The first kappa shape index (κ1) is 23.9. The van der Waals surface area contributed by atoms with Crippen molar-refractivity contribution in [2.45, 2.75) is 19.5 Å². The average molecular weight is 504 g/mol. The summed E-state index contributed by atoms with van der Waals surface area (Å²) in [5.74, 6) is 0.795. The third-order valence-corrected chi connectivity index (χ3v) is 6.04. The number of ether oxygens (including phenoxy) is 2. The number of hydrogen-bond donors (Lipinski definition) is 2. The Balaban J connectivity index is 1.38. The molecule has 1 amide bonds. The molecule has 37 heavy (non-hydrogen) atoms. The summed E-state index contributed by atoms with van der Waals surface area (Å²) in [5.41, 5.74) is 12.2. The molecule has 0 bridgehead atoms. The van der Waals surface area contributed by atoms with E-state index >= 15 is 0 Å². The number of aromatic nitrogens is 5. The molecule has 13 nitrogen and oxygen atoms in total. The Morgan fingerprint density at radius 2 is 1.97 bits per heavy atom. The van der Waals surface area contributed by atoms with E-state index in [9.17, 15) is 4.79 Å². The van der Waals surface area contributed by atoms with Gasteiger partial charge in [-0.25, -0.2) is 10.1 Å². The highest BCUT2D eigenvalue weighted by Crippen LogP contribution is 2.27. The number of carbonyl (C=O) groups excluding carboxylic acids is 1. The van der Waals surface area contributed by atoms with E-state index in [0.29, 0.717) is 35.8 Å². The molecule has 4 aromatic rings. The standard InChI is InChI=1S/C24H25N9O4/c1-35-19-8-7-15(11-20(19)36-2)12-26-28-24(34)21-18(33(31-27-21)23-22(25)29-37-30-23)14-32-10-9-16-5-3-4-6-17(16)13-32/h3-8,11-12H,9-10,13-14H2,1-2H3,(H2,25,29)(H,28,34). The number of benzene rings is 2. The number of nitrogen functional groups attached to an aromatic ring is 1. The molecule has 0 spiro atoms. The van der Waals surface area contributed by atoms with Crippen LogP contribution in [0.15, 0.2) is 52.2 Å². The SMILES string of the molecule is COc1ccc(C=NNC(=O)c2nnn(-c3nonc3N)c2CN2CCc3ccccc3C2)cc1OC. The van der Waals surface area contributed by atoms with Crippen molar-refractivity contribution in [3.63, 3.8) is 0 Å². The van der Waals surface area contributed by atoms with Gasteiger partial charge in [0.15, 0.2) is 17.2 Å². The van der Waals surface area contributed by atoms with Crippen LogP contribution in [-0.2, 0) is 19.5 Å². The van der Waals surface area contributed by atoms with Crippen molar-refractivity contribution in [3.8, 4) is 17.3 Å². The van der Waals surface area contributed by atoms with E-state index in [2.05, 4.69) is 48.2 Å². The highest BCUT2D eigenvalue weighted by Gasteiger charge is 2.27. The topological polar surface area (TPSA) is 159 Å². The quantitative estimate of drug-likeness (QED) is 0.267. The Bertz CT molecular complexity index is 1450. The Kier molecular flexibility index (Phi) is 6.76. The van der Waals surface area contributed by atoms with E-state index in [0.717, 1.165) is 13.0 Å². The van der Waals surface area contributed by atoms with Crippen molar-refractivity contribution in [3.05, 3.63) is 70.5 Å². The number of methoxy groups -OCH3 is 2. The first-order valence-corrected chi connectivity index (χ1v) is 11.4. The van der Waals surface area contributed by atoms with Crippen molar-refractivity contribution in [2.24, 2.45) is 5.10 Å². The smallest absolute Gasteiger partial charge is 0.293 e. The van der Waals surface area contributed by atoms with Crippen molar-refractivity contribution < 1.29 is 18.9 Å². The Morgan fingerprint density at radius 1 is 1.16 bits per heavy atom. The molecule has 3 N–H and O–H groups in total. The number of carbonyl (C=O) groups is 1. The Hall–Kier alpha value is -4.78. The van der Waals surface area contributed by atoms with E-state index in [1.165, 1.54) is 22.0 Å². The maximum Gasteiger partial charge on any atom is 0.293 e. The number of nitrogens with one attached hydrogen (secondary N) is 1. The summed E-state index contributed by atoms with van der Waals surface area (Å²) in [4.78, 5) is 15.3. The molecule has 0 saturated heterocycles. The molecule has 5 rings (SSSR count). The van der Waals surface area contributed by atoms with Crippen molar-refractivity contribution in [2.75, 3.05) is 26.5 Å². The predicted molar refractivity (Wildman–Crippen MR) is 132 cm³/mol. The van der Waals surface area contributed by atoms with Gasteiger partial charge in [-0.1, -0.05) is 29.5 Å². The van der Waals surface area contributed by atoms with E-state index in [4.69, 9.17) is 19.8 Å². The molecule has 0 aliphatic carbocycles. The number of hydrogen-bond acceptors (Lipinski definition) is 11. The van der Waals surface area contributed by atoms with Gasteiger partial charge in [0.2, 0.25) is 11.6 Å². The number of rotatable bonds is 8. The lowest BCUT2D eigenvalue weighted by atomic mass is 10.00. The van der Waals surface area contributed by atoms with Gasteiger partial charge < -0.3 is 15.2 Å². The first-order valence-electron chi connectivity index (χ1n) is 11.4. The largest absolute Gasteiger partial charge is 0.493 e. The van der Waals surface area contributed by atoms with Gasteiger partial charge in [-0.3, -0.25) is 9.69 Å². The van der Waals surface area contributed by atoms with Gasteiger partial charge in [0, 0.05) is 19.6 Å². The predicted octanol–water partition coefficient (Wildman–Crippen LogP) is 1.57. The van der Waals surface area contributed by atoms with E-state index < -0.39 is 5.91 Å². The van der Waals surface area contributed by atoms with Crippen molar-refractivity contribution in [1.29, 1.82) is 0 Å². The third-order valence-electron chi connectivity index (χ3n) is 6.04. The van der Waals surface area contributed by atoms with Gasteiger partial charge >= 0.3 is 0 Å². The van der Waals surface area contributed by atoms with Crippen molar-refractivity contribution >= 4 is 17.9 Å². The molecule has 1 aliphatic heterocycles. The minimum atomic E-state index is -0.537. The fourth-order valence-electron chi connectivity index (χ4n) is 4.18. The summed E-state index contributed by atoms with van der Waals surface area (Å²) >= 11 is 0. The molecule has 0 radical (unpaired) electrons. The van der Waals surface area contributed by atoms with E-state index in [1.807, 2.05) is 12.1 Å². The van der Waals surface area contributed by atoms with Gasteiger partial charge in [-0.15, -0.1) is 5.10 Å². The monoisotopic (exact) mass is 503 g/mol. The average Bonchev–Trinajstić information content (AvgIpc) is 3.53. The number of fused-ring (bicyclic) bond motifs is 1. The number of amides is 1. The van der Waals surface area contributed by atoms with Gasteiger partial charge in [-0.2, -0.15) is 9.78 Å². The molecule has 2 aromatic heterocycles. The van der Waals surface area contributed by atoms with Crippen LogP contribution in [0.4, 0.5) is 5.82 Å². The zero-order valence-corrected chi connectivity index (χ0v) is 20.3. The maximum atomic E-state index is 13.1. The van der Waals surface area contributed by atoms with Crippen LogP contribution in [0.5, 0.6) is 11.5 Å². The highest BCUT2D eigenvalue weighted by atomic mass is 16.6. The number of nitrogens with two attached hydrogens (primary N) is 1. The lowest BCUT2D eigenvalue weighted by molar-refractivity contribution is 0.0947. The molecule has 1 aliphatic rings. The second-order valence-electron chi connectivity index (χ2n) is 8.31. The zero-order valence-electron chi connectivity index (χ0n) is 20.3. The minimum Gasteiger partial charge on any atom is -0.493 e. The van der Waals surface area contributed by atoms with Gasteiger partial charge in [-0.05, 0) is 51.6 Å². The second kappa shape index (κ2) is 10.5. The molecule has 190 valence electrons. The summed E-state index contributed by atoms with van der Waals surface area (Å²) < 4.78 is 16.7. The lowest BCUT2D eigenvalue weighted by Crippen LogP contribution is -2.32. The number of anilines is 1. The van der Waals surface area contributed by atoms with Crippen LogP contribution < -0.4 is 20.6 Å². The second-order valence-corrected chi connectivity index (χ2v) is 8.31. The first-order chi connectivity index (χ1) is 18.1. The highest BCUT2D eigenvalue weighted by molar-refractivity contribution is 5.94. The van der Waals surface area contributed by atoms with Crippen molar-refractivity contribution in [1.82, 2.24) is 35.6 Å². The molecule has 3 heterocycles. The number of hydrazone groups is 1. The molecular formula is C24H25N9O4. The van der Waals surface area contributed by atoms with Crippen LogP contribution in [0.25, 0.3) is 5.82 Å². The molecule has 13 heteroatoms. The molecule has 0 atom stereocenters. The van der Waals surface area contributed by atoms with Crippen LogP contribution in [0.2, 0.25) is 0 Å². The van der Waals surface area contributed by atoms with Crippen LogP contribution in [0.3, 0.4) is 0 Å². The van der Waals surface area contributed by atoms with E-state index in [-0.39, 0.29) is 17.3 Å².